The van der Waals surface area contributed by atoms with Gasteiger partial charge in [0.1, 0.15) is 0 Å². The van der Waals surface area contributed by atoms with E-state index in [4.69, 9.17) is 0 Å². The van der Waals surface area contributed by atoms with E-state index in [1.54, 1.807) is 0 Å². The van der Waals surface area contributed by atoms with Gasteiger partial charge in [-0.05, 0) is 31.8 Å². The van der Waals surface area contributed by atoms with Crippen LogP contribution in [0.25, 0.3) is 0 Å². The molecule has 0 aliphatic carbocycles. The first kappa shape index (κ1) is 12.4. The van der Waals surface area contributed by atoms with Crippen molar-refractivity contribution >= 4 is 5.71 Å². The summed E-state index contributed by atoms with van der Waals surface area (Å²) in [6.07, 6.45) is 2.42. The molecular formula is C12H23N. The first-order chi connectivity index (χ1) is 6.04. The Bertz CT molecular complexity index is 209. The van der Waals surface area contributed by atoms with Gasteiger partial charge in [0, 0.05) is 12.8 Å². The Morgan fingerprint density at radius 2 is 1.77 bits per heavy atom. The van der Waals surface area contributed by atoms with Crippen molar-refractivity contribution in [3.63, 3.8) is 0 Å². The van der Waals surface area contributed by atoms with Gasteiger partial charge >= 0.3 is 0 Å². The summed E-state index contributed by atoms with van der Waals surface area (Å²) in [5.74, 6) is 0.593. The summed E-state index contributed by atoms with van der Waals surface area (Å²) < 4.78 is 0. The van der Waals surface area contributed by atoms with Gasteiger partial charge in [-0.1, -0.05) is 32.8 Å². The minimum absolute atomic E-state index is 0.593. The zero-order valence-electron chi connectivity index (χ0n) is 9.94. The smallest absolute Gasteiger partial charge is 0.0347 e. The van der Waals surface area contributed by atoms with Gasteiger partial charge in [0.05, 0.1) is 0 Å². The van der Waals surface area contributed by atoms with Gasteiger partial charge in [-0.2, -0.15) is 0 Å². The lowest BCUT2D eigenvalue weighted by Crippen LogP contribution is -2.07. The lowest BCUT2D eigenvalue weighted by molar-refractivity contribution is 0.769. The maximum atomic E-state index is 4.27. The lowest BCUT2D eigenvalue weighted by Gasteiger charge is -2.15. The molecule has 76 valence electrons. The fourth-order valence-electron chi connectivity index (χ4n) is 1.85. The number of nitrogens with zero attached hydrogens (tertiary/aromatic N) is 1. The van der Waals surface area contributed by atoms with Crippen LogP contribution >= 0.6 is 0 Å². The Hall–Kier alpha value is -0.590. The second-order valence-corrected chi connectivity index (χ2v) is 3.91. The van der Waals surface area contributed by atoms with Crippen LogP contribution in [0.3, 0.4) is 0 Å². The van der Waals surface area contributed by atoms with Gasteiger partial charge in [0.2, 0.25) is 0 Å². The summed E-state index contributed by atoms with van der Waals surface area (Å²) in [5, 5.41) is 0. The maximum absolute atomic E-state index is 4.27. The molecule has 0 amide bonds. The molecule has 0 unspecified atom stereocenters. The molecule has 0 aliphatic heterocycles. The van der Waals surface area contributed by atoms with Crippen molar-refractivity contribution in [2.45, 2.75) is 47.5 Å². The minimum Gasteiger partial charge on any atom is -0.293 e. The van der Waals surface area contributed by atoms with E-state index in [2.05, 4.69) is 39.6 Å². The van der Waals surface area contributed by atoms with Crippen LogP contribution < -0.4 is 0 Å². The zero-order valence-corrected chi connectivity index (χ0v) is 9.94. The second kappa shape index (κ2) is 5.95. The van der Waals surface area contributed by atoms with E-state index in [-0.39, 0.29) is 0 Å². The molecule has 0 heterocycles. The van der Waals surface area contributed by atoms with Gasteiger partial charge in [-0.25, -0.2) is 0 Å². The van der Waals surface area contributed by atoms with E-state index in [1.165, 1.54) is 29.7 Å². The molecule has 0 fully saturated rings. The third kappa shape index (κ3) is 3.75. The third-order valence-electron chi connectivity index (χ3n) is 2.39. The molecule has 0 atom stereocenters. The average Bonchev–Trinajstić information content (AvgIpc) is 2.04. The summed E-state index contributed by atoms with van der Waals surface area (Å²) >= 11 is 0. The SMILES string of the molecule is CCC/C(C)=C(\C(C)=NC)C(C)C. The quantitative estimate of drug-likeness (QED) is 0.584. The number of rotatable bonds is 4. The largest absolute Gasteiger partial charge is 0.293 e. The van der Waals surface area contributed by atoms with Crippen molar-refractivity contribution in [3.05, 3.63) is 11.1 Å². The zero-order chi connectivity index (χ0) is 10.4. The highest BCUT2D eigenvalue weighted by molar-refractivity contribution is 5.99. The second-order valence-electron chi connectivity index (χ2n) is 3.91. The van der Waals surface area contributed by atoms with Crippen LogP contribution in [0.5, 0.6) is 0 Å². The van der Waals surface area contributed by atoms with Crippen molar-refractivity contribution in [2.75, 3.05) is 7.05 Å². The van der Waals surface area contributed by atoms with Crippen molar-refractivity contribution in [3.8, 4) is 0 Å². The Morgan fingerprint density at radius 3 is 2.08 bits per heavy atom. The number of hydrogen-bond donors (Lipinski definition) is 0. The summed E-state index contributed by atoms with van der Waals surface area (Å²) in [4.78, 5) is 4.27. The summed E-state index contributed by atoms with van der Waals surface area (Å²) in [6, 6.07) is 0. The van der Waals surface area contributed by atoms with Crippen LogP contribution in [-0.2, 0) is 0 Å². The highest BCUT2D eigenvalue weighted by Crippen LogP contribution is 2.19. The molecule has 0 aromatic rings. The number of aliphatic imine (C=N–C) groups is 1. The first-order valence-electron chi connectivity index (χ1n) is 5.17. The molecule has 1 nitrogen and oxygen atoms in total. The Kier molecular flexibility index (Phi) is 5.68. The van der Waals surface area contributed by atoms with E-state index in [9.17, 15) is 0 Å². The fraction of sp³-hybridized carbons (Fsp3) is 0.750. The molecule has 1 heteroatoms. The van der Waals surface area contributed by atoms with Gasteiger partial charge in [-0.15, -0.1) is 0 Å². The first-order valence-corrected chi connectivity index (χ1v) is 5.17. The molecule has 0 bridgehead atoms. The summed E-state index contributed by atoms with van der Waals surface area (Å²) in [5.41, 5.74) is 4.14. The molecule has 0 aliphatic rings. The van der Waals surface area contributed by atoms with Crippen molar-refractivity contribution in [1.29, 1.82) is 0 Å². The fourth-order valence-corrected chi connectivity index (χ4v) is 1.85. The highest BCUT2D eigenvalue weighted by Gasteiger charge is 2.09. The Balaban J connectivity index is 4.88. The molecular weight excluding hydrogens is 158 g/mol. The molecule has 0 rings (SSSR count). The van der Waals surface area contributed by atoms with E-state index in [1.807, 2.05) is 7.05 Å². The average molecular weight is 181 g/mol. The molecule has 0 aromatic carbocycles. The summed E-state index contributed by atoms with van der Waals surface area (Å²) in [6.45, 7) is 11.0. The maximum Gasteiger partial charge on any atom is 0.0347 e. The number of hydrogen-bond acceptors (Lipinski definition) is 1. The topological polar surface area (TPSA) is 12.4 Å². The monoisotopic (exact) mass is 181 g/mol. The molecule has 0 spiro atoms. The predicted molar refractivity (Wildman–Crippen MR) is 61.5 cm³/mol. The molecule has 0 saturated carbocycles. The van der Waals surface area contributed by atoms with E-state index < -0.39 is 0 Å². The van der Waals surface area contributed by atoms with Crippen molar-refractivity contribution in [1.82, 2.24) is 0 Å². The summed E-state index contributed by atoms with van der Waals surface area (Å²) in [7, 11) is 1.87. The van der Waals surface area contributed by atoms with Crippen LogP contribution in [0.1, 0.15) is 47.5 Å². The third-order valence-corrected chi connectivity index (χ3v) is 2.39. The van der Waals surface area contributed by atoms with Crippen molar-refractivity contribution in [2.24, 2.45) is 10.9 Å². The molecule has 13 heavy (non-hydrogen) atoms. The van der Waals surface area contributed by atoms with Crippen LogP contribution in [0.2, 0.25) is 0 Å². The minimum atomic E-state index is 0.593. The van der Waals surface area contributed by atoms with Crippen LogP contribution in [-0.4, -0.2) is 12.8 Å². The van der Waals surface area contributed by atoms with Gasteiger partial charge < -0.3 is 0 Å². The molecule has 0 saturated heterocycles. The van der Waals surface area contributed by atoms with Crippen LogP contribution in [0.4, 0.5) is 0 Å². The van der Waals surface area contributed by atoms with Crippen LogP contribution in [0.15, 0.2) is 16.1 Å². The predicted octanol–water partition coefficient (Wildman–Crippen LogP) is 3.85. The Labute approximate surface area is 83.0 Å². The standard InChI is InChI=1S/C12H23N/c1-7-8-10(4)12(9(2)3)11(5)13-6/h9H,7-8H2,1-6H3/b12-10-,13-11?. The Morgan fingerprint density at radius 1 is 1.23 bits per heavy atom. The van der Waals surface area contributed by atoms with E-state index in [0.29, 0.717) is 5.92 Å². The van der Waals surface area contributed by atoms with Gasteiger partial charge in [0.15, 0.2) is 0 Å². The molecule has 0 radical (unpaired) electrons. The normalized spacial score (nSPS) is 14.8. The van der Waals surface area contributed by atoms with Crippen LogP contribution in [0, 0.1) is 5.92 Å². The van der Waals surface area contributed by atoms with E-state index >= 15 is 0 Å². The van der Waals surface area contributed by atoms with E-state index in [0.717, 1.165) is 0 Å². The van der Waals surface area contributed by atoms with Crippen molar-refractivity contribution < 1.29 is 0 Å². The highest BCUT2D eigenvalue weighted by atomic mass is 14.7. The molecule has 0 N–H and O–H groups in total. The van der Waals surface area contributed by atoms with Gasteiger partial charge in [0.25, 0.3) is 0 Å². The number of allylic oxidation sites excluding steroid dienone is 2. The van der Waals surface area contributed by atoms with Gasteiger partial charge in [-0.3, -0.25) is 4.99 Å². The lowest BCUT2D eigenvalue weighted by atomic mass is 9.92. The molecule has 0 aromatic heterocycles.